The van der Waals surface area contributed by atoms with Gasteiger partial charge in [-0.1, -0.05) is 97.1 Å². The molecule has 0 saturated heterocycles. The number of rotatable bonds is 1. The third-order valence-corrected chi connectivity index (χ3v) is 7.51. The smallest absolute Gasteiger partial charge is 0.00134 e. The highest BCUT2D eigenvalue weighted by Gasteiger charge is 2.27. The second-order valence-electron chi connectivity index (χ2n) is 9.33. The first kappa shape index (κ1) is 18.1. The van der Waals surface area contributed by atoms with Gasteiger partial charge in [0, 0.05) is 0 Å². The van der Waals surface area contributed by atoms with E-state index < -0.39 is 0 Å². The van der Waals surface area contributed by atoms with Crippen LogP contribution in [-0.2, 0) is 0 Å². The predicted octanol–water partition coefficient (Wildman–Crippen LogP) is 9.61. The van der Waals surface area contributed by atoms with Crippen molar-refractivity contribution >= 4 is 43.1 Å². The number of benzene rings is 7. The van der Waals surface area contributed by atoms with Crippen LogP contribution in [0.1, 0.15) is 0 Å². The Balaban J connectivity index is 1.63. The average Bonchev–Trinajstić information content (AvgIpc) is 3.21. The van der Waals surface area contributed by atoms with Gasteiger partial charge >= 0.3 is 0 Å². The van der Waals surface area contributed by atoms with Gasteiger partial charge < -0.3 is 0 Å². The Morgan fingerprint density at radius 3 is 1.85 bits per heavy atom. The van der Waals surface area contributed by atoms with E-state index in [9.17, 15) is 0 Å². The van der Waals surface area contributed by atoms with Crippen LogP contribution in [0.3, 0.4) is 0 Å². The summed E-state index contributed by atoms with van der Waals surface area (Å²) in [5, 5.41) is 10.5. The number of hydrogen-bond acceptors (Lipinski definition) is 0. The summed E-state index contributed by atoms with van der Waals surface area (Å²) in [4.78, 5) is 0. The third-order valence-electron chi connectivity index (χ3n) is 7.51. The second-order valence-corrected chi connectivity index (χ2v) is 9.33. The average molecular weight is 429 g/mol. The molecule has 0 bridgehead atoms. The van der Waals surface area contributed by atoms with Gasteiger partial charge in [0.25, 0.3) is 0 Å². The Kier molecular flexibility index (Phi) is 3.48. The van der Waals surface area contributed by atoms with E-state index in [2.05, 4.69) is 121 Å². The first-order chi connectivity index (χ1) is 16.9. The van der Waals surface area contributed by atoms with E-state index in [4.69, 9.17) is 0 Å². The molecule has 0 saturated carbocycles. The largest absolute Gasteiger partial charge is 0.0622 e. The van der Waals surface area contributed by atoms with Crippen LogP contribution in [0.15, 0.2) is 121 Å². The molecule has 1 aliphatic carbocycles. The summed E-state index contributed by atoms with van der Waals surface area (Å²) in [6.07, 6.45) is 0. The fraction of sp³-hybridized carbons (Fsp3) is 0. The van der Waals surface area contributed by atoms with E-state index in [-0.39, 0.29) is 0 Å². The van der Waals surface area contributed by atoms with Crippen LogP contribution in [-0.4, -0.2) is 0 Å². The third kappa shape index (κ3) is 2.32. The maximum absolute atomic E-state index is 2.42. The van der Waals surface area contributed by atoms with Crippen molar-refractivity contribution in [3.8, 4) is 33.4 Å². The lowest BCUT2D eigenvalue weighted by molar-refractivity contribution is 1.65. The maximum atomic E-state index is 2.42. The van der Waals surface area contributed by atoms with Gasteiger partial charge in [-0.05, 0) is 101 Å². The highest BCUT2D eigenvalue weighted by atomic mass is 14.3. The van der Waals surface area contributed by atoms with Crippen molar-refractivity contribution in [1.29, 1.82) is 0 Å². The fourth-order valence-corrected chi connectivity index (χ4v) is 6.07. The zero-order valence-electron chi connectivity index (χ0n) is 18.5. The van der Waals surface area contributed by atoms with E-state index >= 15 is 0 Å². The van der Waals surface area contributed by atoms with Crippen molar-refractivity contribution in [2.45, 2.75) is 0 Å². The quantitative estimate of drug-likeness (QED) is 0.180. The topological polar surface area (TPSA) is 0 Å². The van der Waals surface area contributed by atoms with E-state index in [1.807, 2.05) is 0 Å². The van der Waals surface area contributed by atoms with Crippen molar-refractivity contribution in [3.63, 3.8) is 0 Å². The molecule has 0 radical (unpaired) electrons. The summed E-state index contributed by atoms with van der Waals surface area (Å²) in [5.74, 6) is 0. The van der Waals surface area contributed by atoms with Crippen LogP contribution in [0.25, 0.3) is 76.5 Å². The highest BCUT2D eigenvalue weighted by molar-refractivity contribution is 6.28. The lowest BCUT2D eigenvalue weighted by Gasteiger charge is -2.16. The summed E-state index contributed by atoms with van der Waals surface area (Å²) in [7, 11) is 0. The van der Waals surface area contributed by atoms with Crippen molar-refractivity contribution in [1.82, 2.24) is 0 Å². The molecule has 0 fully saturated rings. The van der Waals surface area contributed by atoms with Crippen molar-refractivity contribution in [3.05, 3.63) is 121 Å². The molecule has 0 aliphatic heterocycles. The summed E-state index contributed by atoms with van der Waals surface area (Å²) in [6, 6.07) is 44.8. The van der Waals surface area contributed by atoms with E-state index in [1.54, 1.807) is 0 Å². The molecule has 7 aromatic rings. The van der Waals surface area contributed by atoms with Gasteiger partial charge in [0.05, 0.1) is 0 Å². The molecule has 8 rings (SSSR count). The molecule has 0 amide bonds. The van der Waals surface area contributed by atoms with Crippen LogP contribution in [0, 0.1) is 0 Å². The second kappa shape index (κ2) is 6.56. The van der Waals surface area contributed by atoms with E-state index in [1.165, 1.54) is 76.5 Å². The number of hydrogen-bond donors (Lipinski definition) is 0. The molecule has 0 heteroatoms. The summed E-state index contributed by atoms with van der Waals surface area (Å²) in [5.41, 5.74) is 8.03. The lowest BCUT2D eigenvalue weighted by Crippen LogP contribution is -1.89. The number of fused-ring (bicyclic) bond motifs is 7. The van der Waals surface area contributed by atoms with Crippen molar-refractivity contribution in [2.75, 3.05) is 0 Å². The molecule has 0 unspecified atom stereocenters. The van der Waals surface area contributed by atoms with Gasteiger partial charge in [0.1, 0.15) is 0 Å². The normalized spacial score (nSPS) is 12.1. The first-order valence-corrected chi connectivity index (χ1v) is 11.9. The van der Waals surface area contributed by atoms with Crippen LogP contribution in [0.5, 0.6) is 0 Å². The summed E-state index contributed by atoms with van der Waals surface area (Å²) >= 11 is 0. The predicted molar refractivity (Wildman–Crippen MR) is 146 cm³/mol. The molecule has 156 valence electrons. The van der Waals surface area contributed by atoms with Crippen LogP contribution in [0.4, 0.5) is 0 Å². The first-order valence-electron chi connectivity index (χ1n) is 11.9. The zero-order valence-corrected chi connectivity index (χ0v) is 18.5. The molecule has 0 heterocycles. The summed E-state index contributed by atoms with van der Waals surface area (Å²) < 4.78 is 0. The minimum atomic E-state index is 1.27. The molecular formula is C34H20. The summed E-state index contributed by atoms with van der Waals surface area (Å²) in [6.45, 7) is 0. The van der Waals surface area contributed by atoms with E-state index in [0.717, 1.165) is 0 Å². The van der Waals surface area contributed by atoms with Gasteiger partial charge in [-0.15, -0.1) is 0 Å². The van der Waals surface area contributed by atoms with Gasteiger partial charge in [-0.2, -0.15) is 0 Å². The van der Waals surface area contributed by atoms with E-state index in [0.29, 0.717) is 0 Å². The monoisotopic (exact) mass is 428 g/mol. The molecule has 34 heavy (non-hydrogen) atoms. The standard InChI is InChI=1S/C34H20/c1-2-9-21(10-3-1)32-29-18-23-12-5-4-11-22(23)17-25(29)20-30-28-16-8-15-27-26-14-7-6-13-24(26)19-31(33(27)28)34(30)32/h1-20H. The van der Waals surface area contributed by atoms with Crippen LogP contribution < -0.4 is 0 Å². The van der Waals surface area contributed by atoms with Crippen LogP contribution >= 0.6 is 0 Å². The zero-order chi connectivity index (χ0) is 22.2. The SMILES string of the molecule is c1ccc(-c2c3c(cc4cc5ccccc5cc24)-c2cccc4c2c-3cc2ccccc24)cc1. The molecular weight excluding hydrogens is 408 g/mol. The molecule has 0 atom stereocenters. The Labute approximate surface area is 197 Å². The Morgan fingerprint density at radius 1 is 0.324 bits per heavy atom. The van der Waals surface area contributed by atoms with Gasteiger partial charge in [-0.3, -0.25) is 0 Å². The molecule has 0 aromatic heterocycles. The van der Waals surface area contributed by atoms with Crippen LogP contribution in [0.2, 0.25) is 0 Å². The fourth-order valence-electron chi connectivity index (χ4n) is 6.07. The Bertz CT molecular complexity index is 1940. The van der Waals surface area contributed by atoms with Crippen molar-refractivity contribution < 1.29 is 0 Å². The molecule has 0 nitrogen and oxygen atoms in total. The van der Waals surface area contributed by atoms with Gasteiger partial charge in [0.2, 0.25) is 0 Å². The highest BCUT2D eigenvalue weighted by Crippen LogP contribution is 2.54. The van der Waals surface area contributed by atoms with Crippen molar-refractivity contribution in [2.24, 2.45) is 0 Å². The minimum Gasteiger partial charge on any atom is -0.0622 e. The van der Waals surface area contributed by atoms with Gasteiger partial charge in [-0.25, -0.2) is 0 Å². The lowest BCUT2D eigenvalue weighted by atomic mass is 9.87. The minimum absolute atomic E-state index is 1.27. The molecule has 1 aliphatic rings. The van der Waals surface area contributed by atoms with Gasteiger partial charge in [0.15, 0.2) is 0 Å². The maximum Gasteiger partial charge on any atom is -0.00134 e. The molecule has 0 N–H and O–H groups in total. The Hall–Kier alpha value is -4.42. The molecule has 7 aromatic carbocycles. The molecule has 0 spiro atoms. The Morgan fingerprint density at radius 2 is 1.00 bits per heavy atom.